The normalized spacial score (nSPS) is 21.7. The number of morpholine rings is 1. The molecule has 1 atom stereocenters. The quantitative estimate of drug-likeness (QED) is 0.709. The highest BCUT2D eigenvalue weighted by Crippen LogP contribution is 2.17. The molecule has 15 heavy (non-hydrogen) atoms. The van der Waals surface area contributed by atoms with Gasteiger partial charge in [0.15, 0.2) is 0 Å². The Morgan fingerprint density at radius 2 is 2.47 bits per heavy atom. The number of anilines is 2. The summed E-state index contributed by atoms with van der Waals surface area (Å²) >= 11 is 0. The van der Waals surface area contributed by atoms with E-state index < -0.39 is 0 Å². The lowest BCUT2D eigenvalue weighted by atomic mass is 10.2. The minimum absolute atomic E-state index is 0.0203. The Morgan fingerprint density at radius 3 is 3.20 bits per heavy atom. The number of hydrogen-bond acceptors (Lipinski definition) is 5. The summed E-state index contributed by atoms with van der Waals surface area (Å²) in [4.78, 5) is 6.26. The van der Waals surface area contributed by atoms with Crippen LogP contribution in [0.3, 0.4) is 0 Å². The van der Waals surface area contributed by atoms with Crippen molar-refractivity contribution in [2.24, 2.45) is 0 Å². The number of aliphatic hydroxyl groups excluding tert-OH is 1. The lowest BCUT2D eigenvalue weighted by Gasteiger charge is -2.35. The zero-order chi connectivity index (χ0) is 10.7. The molecule has 0 saturated carbocycles. The van der Waals surface area contributed by atoms with Crippen molar-refractivity contribution in [1.29, 1.82) is 0 Å². The second kappa shape index (κ2) is 4.46. The zero-order valence-electron chi connectivity index (χ0n) is 8.47. The number of aromatic nitrogens is 1. The Labute approximate surface area is 88.5 Å². The van der Waals surface area contributed by atoms with Gasteiger partial charge in [-0.1, -0.05) is 6.07 Å². The predicted octanol–water partition coefficient (Wildman–Crippen LogP) is -0.139. The molecule has 82 valence electrons. The van der Waals surface area contributed by atoms with Crippen molar-refractivity contribution in [3.8, 4) is 0 Å². The third-order valence-electron chi connectivity index (χ3n) is 2.49. The van der Waals surface area contributed by atoms with E-state index in [0.29, 0.717) is 19.0 Å². The van der Waals surface area contributed by atoms with Crippen LogP contribution in [0.1, 0.15) is 0 Å². The fraction of sp³-hybridized carbons (Fsp3) is 0.500. The molecule has 1 fully saturated rings. The number of nitrogens with zero attached hydrogens (tertiary/aromatic N) is 2. The first-order chi connectivity index (χ1) is 7.31. The molecule has 0 radical (unpaired) electrons. The highest BCUT2D eigenvalue weighted by atomic mass is 16.5. The summed E-state index contributed by atoms with van der Waals surface area (Å²) in [5.74, 6) is 1.30. The maximum atomic E-state index is 9.21. The van der Waals surface area contributed by atoms with E-state index in [0.717, 1.165) is 12.4 Å². The van der Waals surface area contributed by atoms with Gasteiger partial charge in [-0.3, -0.25) is 0 Å². The molecule has 1 aromatic heterocycles. The highest BCUT2D eigenvalue weighted by molar-refractivity contribution is 5.46. The van der Waals surface area contributed by atoms with Gasteiger partial charge in [0, 0.05) is 6.54 Å². The van der Waals surface area contributed by atoms with Gasteiger partial charge in [-0.05, 0) is 12.1 Å². The maximum absolute atomic E-state index is 9.21. The van der Waals surface area contributed by atoms with E-state index in [1.807, 2.05) is 17.0 Å². The minimum Gasteiger partial charge on any atom is -0.394 e. The molecule has 1 aliphatic rings. The van der Waals surface area contributed by atoms with Crippen molar-refractivity contribution in [3.63, 3.8) is 0 Å². The van der Waals surface area contributed by atoms with Gasteiger partial charge in [-0.25, -0.2) is 4.98 Å². The molecule has 1 aliphatic heterocycles. The van der Waals surface area contributed by atoms with Crippen molar-refractivity contribution in [2.75, 3.05) is 37.0 Å². The van der Waals surface area contributed by atoms with Crippen LogP contribution in [0, 0.1) is 0 Å². The molecule has 5 heteroatoms. The molecule has 0 aliphatic carbocycles. The van der Waals surface area contributed by atoms with Gasteiger partial charge >= 0.3 is 0 Å². The van der Waals surface area contributed by atoms with Crippen LogP contribution in [0.25, 0.3) is 0 Å². The van der Waals surface area contributed by atoms with E-state index in [1.165, 1.54) is 0 Å². The highest BCUT2D eigenvalue weighted by Gasteiger charge is 2.23. The van der Waals surface area contributed by atoms with Crippen molar-refractivity contribution in [3.05, 3.63) is 18.2 Å². The molecule has 0 bridgehead atoms. The SMILES string of the molecule is Nc1cccc(N2CCOCC2CO)n1. The van der Waals surface area contributed by atoms with E-state index in [4.69, 9.17) is 10.5 Å². The number of nitrogen functional groups attached to an aromatic ring is 1. The Kier molecular flexibility index (Phi) is 3.03. The second-order valence-corrected chi connectivity index (χ2v) is 3.53. The van der Waals surface area contributed by atoms with Gasteiger partial charge in [-0.2, -0.15) is 0 Å². The third kappa shape index (κ3) is 2.19. The van der Waals surface area contributed by atoms with Gasteiger partial charge < -0.3 is 20.5 Å². The number of rotatable bonds is 2. The average Bonchev–Trinajstić information content (AvgIpc) is 2.29. The van der Waals surface area contributed by atoms with Crippen LogP contribution in [0.2, 0.25) is 0 Å². The molecule has 1 aromatic rings. The first-order valence-corrected chi connectivity index (χ1v) is 4.99. The maximum Gasteiger partial charge on any atom is 0.131 e. The van der Waals surface area contributed by atoms with E-state index in [9.17, 15) is 5.11 Å². The van der Waals surface area contributed by atoms with E-state index in [2.05, 4.69) is 4.98 Å². The third-order valence-corrected chi connectivity index (χ3v) is 2.49. The predicted molar refractivity (Wildman–Crippen MR) is 57.7 cm³/mol. The fourth-order valence-corrected chi connectivity index (χ4v) is 1.71. The van der Waals surface area contributed by atoms with Crippen LogP contribution in [-0.4, -0.2) is 42.5 Å². The summed E-state index contributed by atoms with van der Waals surface area (Å²) in [6.07, 6.45) is 0. The number of aliphatic hydroxyl groups is 1. The minimum atomic E-state index is -0.0203. The Hall–Kier alpha value is -1.33. The average molecular weight is 209 g/mol. The molecule has 2 rings (SSSR count). The number of nitrogens with two attached hydrogens (primary N) is 1. The summed E-state index contributed by atoms with van der Waals surface area (Å²) in [7, 11) is 0. The van der Waals surface area contributed by atoms with Gasteiger partial charge in [0.1, 0.15) is 11.6 Å². The molecule has 2 heterocycles. The zero-order valence-corrected chi connectivity index (χ0v) is 8.47. The number of ether oxygens (including phenoxy) is 1. The van der Waals surface area contributed by atoms with Gasteiger partial charge in [-0.15, -0.1) is 0 Å². The van der Waals surface area contributed by atoms with Crippen LogP contribution >= 0.6 is 0 Å². The monoisotopic (exact) mass is 209 g/mol. The molecular formula is C10H15N3O2. The van der Waals surface area contributed by atoms with Crippen molar-refractivity contribution < 1.29 is 9.84 Å². The summed E-state index contributed by atoms with van der Waals surface area (Å²) in [5, 5.41) is 9.21. The Balaban J connectivity index is 2.20. The van der Waals surface area contributed by atoms with Crippen LogP contribution < -0.4 is 10.6 Å². The van der Waals surface area contributed by atoms with Crippen molar-refractivity contribution in [1.82, 2.24) is 4.98 Å². The first-order valence-electron chi connectivity index (χ1n) is 4.99. The van der Waals surface area contributed by atoms with Gasteiger partial charge in [0.25, 0.3) is 0 Å². The van der Waals surface area contributed by atoms with Crippen molar-refractivity contribution in [2.45, 2.75) is 6.04 Å². The number of hydrogen-bond donors (Lipinski definition) is 2. The first kappa shape index (κ1) is 10.2. The van der Waals surface area contributed by atoms with Gasteiger partial charge in [0.2, 0.25) is 0 Å². The fourth-order valence-electron chi connectivity index (χ4n) is 1.71. The molecule has 1 unspecified atom stereocenters. The summed E-state index contributed by atoms with van der Waals surface area (Å²) in [6.45, 7) is 2.00. The molecular weight excluding hydrogens is 194 g/mol. The Bertz CT molecular complexity index is 332. The summed E-state index contributed by atoms with van der Waals surface area (Å²) < 4.78 is 5.29. The van der Waals surface area contributed by atoms with Gasteiger partial charge in [0.05, 0.1) is 25.9 Å². The Morgan fingerprint density at radius 1 is 1.60 bits per heavy atom. The molecule has 3 N–H and O–H groups in total. The largest absolute Gasteiger partial charge is 0.394 e. The van der Waals surface area contributed by atoms with Crippen LogP contribution in [0.15, 0.2) is 18.2 Å². The van der Waals surface area contributed by atoms with E-state index in [1.54, 1.807) is 6.07 Å². The van der Waals surface area contributed by atoms with E-state index >= 15 is 0 Å². The number of pyridine rings is 1. The standard InChI is InChI=1S/C10H15N3O2/c11-9-2-1-3-10(12-9)13-4-5-15-7-8(13)6-14/h1-3,8,14H,4-7H2,(H2,11,12). The topological polar surface area (TPSA) is 71.6 Å². The molecule has 1 saturated heterocycles. The molecule has 0 aromatic carbocycles. The lowest BCUT2D eigenvalue weighted by Crippen LogP contribution is -2.48. The lowest BCUT2D eigenvalue weighted by molar-refractivity contribution is 0.0723. The van der Waals surface area contributed by atoms with E-state index in [-0.39, 0.29) is 12.6 Å². The van der Waals surface area contributed by atoms with Crippen LogP contribution in [-0.2, 0) is 4.74 Å². The molecule has 0 amide bonds. The van der Waals surface area contributed by atoms with Crippen LogP contribution in [0.4, 0.5) is 11.6 Å². The molecule has 0 spiro atoms. The molecule has 5 nitrogen and oxygen atoms in total. The summed E-state index contributed by atoms with van der Waals surface area (Å²) in [5.41, 5.74) is 5.62. The summed E-state index contributed by atoms with van der Waals surface area (Å²) in [6, 6.07) is 5.48. The smallest absolute Gasteiger partial charge is 0.131 e. The second-order valence-electron chi connectivity index (χ2n) is 3.53. The van der Waals surface area contributed by atoms with Crippen molar-refractivity contribution >= 4 is 11.6 Å². The van der Waals surface area contributed by atoms with Crippen LogP contribution in [0.5, 0.6) is 0 Å².